The third kappa shape index (κ3) is 4.99. The number of carbonyl (C=O) groups is 2. The molecule has 1 atom stereocenters. The Hall–Kier alpha value is -3.06. The Morgan fingerprint density at radius 3 is 2.52 bits per heavy atom. The Kier molecular flexibility index (Phi) is 6.72. The van der Waals surface area contributed by atoms with E-state index in [1.807, 2.05) is 48.7 Å². The van der Waals surface area contributed by atoms with Crippen molar-refractivity contribution < 1.29 is 9.59 Å². The highest BCUT2D eigenvalue weighted by Crippen LogP contribution is 2.33. The van der Waals surface area contributed by atoms with Crippen molar-refractivity contribution in [3.05, 3.63) is 77.2 Å². The van der Waals surface area contributed by atoms with Gasteiger partial charge in [-0.25, -0.2) is 4.98 Å². The third-order valence-corrected chi connectivity index (χ3v) is 6.46. The fourth-order valence-electron chi connectivity index (χ4n) is 3.98. The molecule has 160 valence electrons. The van der Waals surface area contributed by atoms with Gasteiger partial charge in [0.15, 0.2) is 0 Å². The second kappa shape index (κ2) is 9.83. The average molecular weight is 435 g/mol. The Labute approximate surface area is 186 Å². The zero-order valence-corrected chi connectivity index (χ0v) is 18.3. The van der Waals surface area contributed by atoms with Gasteiger partial charge in [0, 0.05) is 18.4 Å². The van der Waals surface area contributed by atoms with Crippen LogP contribution in [0.5, 0.6) is 0 Å². The first kappa shape index (κ1) is 21.2. The van der Waals surface area contributed by atoms with Gasteiger partial charge in [-0.15, -0.1) is 11.3 Å². The van der Waals surface area contributed by atoms with Gasteiger partial charge in [-0.3, -0.25) is 19.5 Å². The number of anilines is 1. The summed E-state index contributed by atoms with van der Waals surface area (Å²) in [4.78, 5) is 37.0. The zero-order valence-electron chi connectivity index (χ0n) is 17.5. The number of rotatable bonds is 6. The van der Waals surface area contributed by atoms with E-state index in [2.05, 4.69) is 15.3 Å². The predicted octanol–water partition coefficient (Wildman–Crippen LogP) is 4.68. The fourth-order valence-corrected chi connectivity index (χ4v) is 4.73. The summed E-state index contributed by atoms with van der Waals surface area (Å²) in [6.45, 7) is 2.00. The minimum atomic E-state index is -0.796. The van der Waals surface area contributed by atoms with Crippen molar-refractivity contribution >= 4 is 28.2 Å². The number of aromatic nitrogens is 2. The molecular formula is C24H26N4O2S. The van der Waals surface area contributed by atoms with E-state index in [9.17, 15) is 9.59 Å². The smallest absolute Gasteiger partial charge is 0.280 e. The number of thiophene rings is 1. The summed E-state index contributed by atoms with van der Waals surface area (Å²) in [5.41, 5.74) is 2.07. The molecule has 1 aromatic carbocycles. The summed E-state index contributed by atoms with van der Waals surface area (Å²) in [6, 6.07) is 10.9. The van der Waals surface area contributed by atoms with Crippen molar-refractivity contribution in [2.75, 3.05) is 4.90 Å². The number of nitrogens with zero attached hydrogens (tertiary/aromatic N) is 3. The molecule has 0 radical (unpaired) electrons. The van der Waals surface area contributed by atoms with Crippen molar-refractivity contribution in [3.8, 4) is 0 Å². The molecule has 1 fully saturated rings. The Morgan fingerprint density at radius 2 is 1.87 bits per heavy atom. The van der Waals surface area contributed by atoms with Gasteiger partial charge in [0.25, 0.3) is 5.91 Å². The molecule has 1 unspecified atom stereocenters. The van der Waals surface area contributed by atoms with Crippen molar-refractivity contribution in [2.45, 2.75) is 51.1 Å². The lowest BCUT2D eigenvalue weighted by Gasteiger charge is -2.32. The molecular weight excluding hydrogens is 408 g/mol. The lowest BCUT2D eigenvalue weighted by molar-refractivity contribution is -0.123. The van der Waals surface area contributed by atoms with Crippen molar-refractivity contribution in [3.63, 3.8) is 0 Å². The monoisotopic (exact) mass is 434 g/mol. The van der Waals surface area contributed by atoms with E-state index >= 15 is 0 Å². The molecule has 0 spiro atoms. The minimum Gasteiger partial charge on any atom is -0.351 e. The summed E-state index contributed by atoms with van der Waals surface area (Å²) in [6.07, 6.45) is 9.85. The molecule has 2 amide bonds. The highest BCUT2D eigenvalue weighted by molar-refractivity contribution is 7.14. The summed E-state index contributed by atoms with van der Waals surface area (Å²) in [5.74, 6) is -0.513. The van der Waals surface area contributed by atoms with E-state index in [4.69, 9.17) is 0 Å². The van der Waals surface area contributed by atoms with Gasteiger partial charge >= 0.3 is 0 Å². The number of aryl methyl sites for hydroxylation is 1. The Bertz CT molecular complexity index is 1000. The van der Waals surface area contributed by atoms with Crippen molar-refractivity contribution in [1.29, 1.82) is 0 Å². The molecule has 1 N–H and O–H groups in total. The lowest BCUT2D eigenvalue weighted by Crippen LogP contribution is -2.47. The summed E-state index contributed by atoms with van der Waals surface area (Å²) >= 11 is 1.42. The Balaban J connectivity index is 1.75. The van der Waals surface area contributed by atoms with Crippen LogP contribution in [0.25, 0.3) is 0 Å². The van der Waals surface area contributed by atoms with E-state index in [1.54, 1.807) is 4.90 Å². The van der Waals surface area contributed by atoms with E-state index in [0.29, 0.717) is 5.00 Å². The molecule has 0 saturated heterocycles. The molecule has 1 aliphatic carbocycles. The van der Waals surface area contributed by atoms with Gasteiger partial charge in [-0.1, -0.05) is 49.1 Å². The van der Waals surface area contributed by atoms with E-state index in [0.717, 1.165) is 36.8 Å². The second-order valence-corrected chi connectivity index (χ2v) is 8.80. The average Bonchev–Trinajstić information content (AvgIpc) is 3.33. The van der Waals surface area contributed by atoms with Crippen LogP contribution in [0.15, 0.2) is 60.4 Å². The second-order valence-electron chi connectivity index (χ2n) is 7.87. The zero-order chi connectivity index (χ0) is 21.6. The molecule has 7 heteroatoms. The number of benzene rings is 1. The molecule has 0 aliphatic heterocycles. The molecule has 2 aromatic heterocycles. The minimum absolute atomic E-state index is 0.144. The first-order chi connectivity index (χ1) is 15.1. The number of nitrogens with one attached hydrogen (secondary N) is 1. The Morgan fingerprint density at radius 1 is 1.10 bits per heavy atom. The molecule has 2 heterocycles. The number of carbonyl (C=O) groups excluding carboxylic acids is 2. The molecule has 1 aliphatic rings. The first-order valence-electron chi connectivity index (χ1n) is 10.6. The van der Waals surface area contributed by atoms with Crippen LogP contribution in [0.1, 0.15) is 59.8 Å². The largest absolute Gasteiger partial charge is 0.351 e. The maximum absolute atomic E-state index is 13.6. The highest BCUT2D eigenvalue weighted by Gasteiger charge is 2.35. The van der Waals surface area contributed by atoms with Gasteiger partial charge < -0.3 is 5.32 Å². The van der Waals surface area contributed by atoms with Gasteiger partial charge in [0.05, 0.1) is 11.2 Å². The number of hydrogen-bond donors (Lipinski definition) is 1. The highest BCUT2D eigenvalue weighted by atomic mass is 32.1. The number of amides is 2. The molecule has 1 saturated carbocycles. The van der Waals surface area contributed by atoms with Crippen LogP contribution in [0.4, 0.5) is 5.00 Å². The molecule has 4 rings (SSSR count). The van der Waals surface area contributed by atoms with Gasteiger partial charge in [-0.2, -0.15) is 0 Å². The van der Waals surface area contributed by atoms with E-state index in [1.165, 1.54) is 36.3 Å². The van der Waals surface area contributed by atoms with Crippen LogP contribution in [-0.4, -0.2) is 27.8 Å². The predicted molar refractivity (Wildman–Crippen MR) is 122 cm³/mol. The van der Waals surface area contributed by atoms with Crippen LogP contribution in [0.2, 0.25) is 0 Å². The SMILES string of the molecule is Cc1ccc(C(C(=O)NC2CCCCC2)N(C(=O)c2cnccn2)c2cccs2)cc1. The maximum Gasteiger partial charge on any atom is 0.280 e. The van der Waals surface area contributed by atoms with Gasteiger partial charge in [-0.05, 0) is 42.8 Å². The van der Waals surface area contributed by atoms with E-state index < -0.39 is 6.04 Å². The summed E-state index contributed by atoms with van der Waals surface area (Å²) < 4.78 is 0. The molecule has 6 nitrogen and oxygen atoms in total. The van der Waals surface area contributed by atoms with Crippen LogP contribution < -0.4 is 10.2 Å². The maximum atomic E-state index is 13.6. The van der Waals surface area contributed by atoms with Crippen molar-refractivity contribution in [2.24, 2.45) is 0 Å². The van der Waals surface area contributed by atoms with E-state index in [-0.39, 0.29) is 23.6 Å². The number of hydrogen-bond acceptors (Lipinski definition) is 5. The molecule has 31 heavy (non-hydrogen) atoms. The standard InChI is InChI=1S/C24H26N4O2S/c1-17-9-11-18(12-10-17)22(23(29)27-19-6-3-2-4-7-19)28(21-8-5-15-31-21)24(30)20-16-25-13-14-26-20/h5,8-16,19,22H,2-4,6-7H2,1H3,(H,27,29). The quantitative estimate of drug-likeness (QED) is 0.611. The van der Waals surface area contributed by atoms with Crippen LogP contribution in [-0.2, 0) is 4.79 Å². The van der Waals surface area contributed by atoms with Crippen LogP contribution in [0, 0.1) is 6.92 Å². The fraction of sp³-hybridized carbons (Fsp3) is 0.333. The lowest BCUT2D eigenvalue weighted by atomic mass is 9.94. The normalized spacial score (nSPS) is 15.3. The third-order valence-electron chi connectivity index (χ3n) is 5.60. The van der Waals surface area contributed by atoms with Crippen molar-refractivity contribution in [1.82, 2.24) is 15.3 Å². The van der Waals surface area contributed by atoms with Gasteiger partial charge in [0.2, 0.25) is 5.91 Å². The van der Waals surface area contributed by atoms with Crippen LogP contribution in [0.3, 0.4) is 0 Å². The first-order valence-corrected chi connectivity index (χ1v) is 11.5. The molecule has 0 bridgehead atoms. The summed E-state index contributed by atoms with van der Waals surface area (Å²) in [7, 11) is 0. The topological polar surface area (TPSA) is 75.2 Å². The molecule has 3 aromatic rings. The van der Waals surface area contributed by atoms with Gasteiger partial charge in [0.1, 0.15) is 11.7 Å². The summed E-state index contributed by atoms with van der Waals surface area (Å²) in [5, 5.41) is 5.81. The van der Waals surface area contributed by atoms with Crippen LogP contribution >= 0.6 is 11.3 Å².